The van der Waals surface area contributed by atoms with Crippen LogP contribution in [0.3, 0.4) is 0 Å². The molecule has 134 valence electrons. The first-order valence-electron chi connectivity index (χ1n) is 8.77. The third-order valence-corrected chi connectivity index (χ3v) is 6.23. The van der Waals surface area contributed by atoms with Crippen LogP contribution >= 0.6 is 11.9 Å². The number of pyridine rings is 1. The molecule has 6 heteroatoms. The van der Waals surface area contributed by atoms with Gasteiger partial charge in [0, 0.05) is 35.0 Å². The number of aromatic amines is 1. The van der Waals surface area contributed by atoms with Crippen molar-refractivity contribution in [3.63, 3.8) is 0 Å². The maximum Gasteiger partial charge on any atom is 0.331 e. The topological polar surface area (TPSA) is 73.4 Å². The number of carbonyl (C=O) groups is 1. The third kappa shape index (κ3) is 3.34. The van der Waals surface area contributed by atoms with Crippen molar-refractivity contribution in [1.29, 1.82) is 0 Å². The number of aromatic nitrogens is 1. The normalized spacial score (nSPS) is 20.5. The molecule has 0 bridgehead atoms. The van der Waals surface area contributed by atoms with Gasteiger partial charge in [0.05, 0.1) is 0 Å². The van der Waals surface area contributed by atoms with E-state index in [-0.39, 0.29) is 10.8 Å². The van der Waals surface area contributed by atoms with E-state index in [0.29, 0.717) is 18.5 Å². The average Bonchev–Trinajstić information content (AvgIpc) is 2.87. The number of fused-ring (bicyclic) bond motifs is 3. The summed E-state index contributed by atoms with van der Waals surface area (Å²) >= 11 is 1.74. The fourth-order valence-electron chi connectivity index (χ4n) is 3.62. The van der Waals surface area contributed by atoms with Crippen LogP contribution in [0.2, 0.25) is 0 Å². The molecule has 1 aromatic heterocycles. The van der Waals surface area contributed by atoms with Gasteiger partial charge in [-0.15, -0.1) is 0 Å². The number of aliphatic carboxylic acids is 1. The summed E-state index contributed by atoms with van der Waals surface area (Å²) in [5, 5.41) is 11.2. The molecular formula is C20H20N2O3S. The van der Waals surface area contributed by atoms with Gasteiger partial charge in [0.25, 0.3) is 5.56 Å². The van der Waals surface area contributed by atoms with Gasteiger partial charge in [-0.2, -0.15) is 0 Å². The number of nitrogens with zero attached hydrogens (tertiary/aromatic N) is 1. The highest BCUT2D eigenvalue weighted by atomic mass is 32.2. The van der Waals surface area contributed by atoms with Crippen LogP contribution in [0.15, 0.2) is 52.9 Å². The van der Waals surface area contributed by atoms with Crippen molar-refractivity contribution < 1.29 is 9.90 Å². The summed E-state index contributed by atoms with van der Waals surface area (Å²) < 4.78 is 2.27. The fraction of sp³-hybridized carbons (Fsp3) is 0.300. The first-order chi connectivity index (χ1) is 12.6. The van der Waals surface area contributed by atoms with Crippen molar-refractivity contribution in [2.45, 2.75) is 31.1 Å². The van der Waals surface area contributed by atoms with Crippen LogP contribution in [0, 0.1) is 0 Å². The summed E-state index contributed by atoms with van der Waals surface area (Å²) in [4.78, 5) is 26.5. The monoisotopic (exact) mass is 368 g/mol. The molecule has 26 heavy (non-hydrogen) atoms. The van der Waals surface area contributed by atoms with Crippen LogP contribution in [-0.4, -0.2) is 32.2 Å². The second kappa shape index (κ2) is 7.13. The molecule has 1 aliphatic carbocycles. The van der Waals surface area contributed by atoms with Crippen molar-refractivity contribution in [3.05, 3.63) is 69.7 Å². The number of H-pyrrole nitrogens is 1. The van der Waals surface area contributed by atoms with Crippen LogP contribution in [-0.2, 0) is 17.8 Å². The fourth-order valence-corrected chi connectivity index (χ4v) is 4.79. The summed E-state index contributed by atoms with van der Waals surface area (Å²) in [6, 6.07) is 7.78. The molecule has 2 aliphatic rings. The van der Waals surface area contributed by atoms with Crippen molar-refractivity contribution in [2.24, 2.45) is 0 Å². The van der Waals surface area contributed by atoms with E-state index in [1.54, 1.807) is 18.0 Å². The van der Waals surface area contributed by atoms with E-state index in [1.165, 1.54) is 5.56 Å². The van der Waals surface area contributed by atoms with Gasteiger partial charge in [0.1, 0.15) is 0 Å². The predicted molar refractivity (Wildman–Crippen MR) is 104 cm³/mol. The molecule has 1 aliphatic heterocycles. The number of hydrogen-bond acceptors (Lipinski definition) is 4. The van der Waals surface area contributed by atoms with Gasteiger partial charge in [-0.3, -0.25) is 4.79 Å². The lowest BCUT2D eigenvalue weighted by Crippen LogP contribution is -2.30. The lowest BCUT2D eigenvalue weighted by atomic mass is 9.99. The Morgan fingerprint density at radius 1 is 1.23 bits per heavy atom. The molecule has 0 saturated carbocycles. The summed E-state index contributed by atoms with van der Waals surface area (Å²) in [5.41, 5.74) is 2.66. The smallest absolute Gasteiger partial charge is 0.331 e. The molecule has 5 nitrogen and oxygen atoms in total. The van der Waals surface area contributed by atoms with Crippen LogP contribution in [0.4, 0.5) is 0 Å². The van der Waals surface area contributed by atoms with E-state index in [0.717, 1.165) is 35.9 Å². The number of carboxylic acid groups (broad SMARTS) is 1. The van der Waals surface area contributed by atoms with Crippen LogP contribution < -0.4 is 5.56 Å². The second-order valence-electron chi connectivity index (χ2n) is 6.63. The Morgan fingerprint density at radius 2 is 2.04 bits per heavy atom. The third-order valence-electron chi connectivity index (χ3n) is 4.95. The first kappa shape index (κ1) is 17.1. The van der Waals surface area contributed by atoms with Gasteiger partial charge in [0.2, 0.25) is 0 Å². The van der Waals surface area contributed by atoms with Crippen molar-refractivity contribution in [1.82, 2.24) is 9.29 Å². The zero-order valence-corrected chi connectivity index (χ0v) is 15.1. The highest BCUT2D eigenvalue weighted by molar-refractivity contribution is 7.97. The number of nitrogens with one attached hydrogen (secondary N) is 1. The van der Waals surface area contributed by atoms with Crippen LogP contribution in [0.5, 0.6) is 0 Å². The van der Waals surface area contributed by atoms with Gasteiger partial charge in [-0.1, -0.05) is 48.4 Å². The van der Waals surface area contributed by atoms with Crippen molar-refractivity contribution in [2.75, 3.05) is 6.54 Å². The lowest BCUT2D eigenvalue weighted by molar-refractivity contribution is -0.132. The predicted octanol–water partition coefficient (Wildman–Crippen LogP) is 3.26. The molecular weight excluding hydrogens is 348 g/mol. The Bertz CT molecular complexity index is 977. The SMILES string of the molecule is O=C(O)C1=CC=CC(SN2CCc3c([nH]c(=O)c4ccccc34)C2)CC1. The first-order valence-corrected chi connectivity index (χ1v) is 9.60. The zero-order valence-electron chi connectivity index (χ0n) is 14.3. The summed E-state index contributed by atoms with van der Waals surface area (Å²) in [7, 11) is 0. The largest absolute Gasteiger partial charge is 0.478 e. The number of benzene rings is 1. The van der Waals surface area contributed by atoms with Gasteiger partial charge < -0.3 is 10.1 Å². The van der Waals surface area contributed by atoms with Crippen LogP contribution in [0.1, 0.15) is 24.1 Å². The van der Waals surface area contributed by atoms with E-state index in [2.05, 4.69) is 15.4 Å². The van der Waals surface area contributed by atoms with Crippen LogP contribution in [0.25, 0.3) is 10.8 Å². The summed E-state index contributed by atoms with van der Waals surface area (Å²) in [6.45, 7) is 1.61. The van der Waals surface area contributed by atoms with Crippen molar-refractivity contribution in [3.8, 4) is 0 Å². The lowest BCUT2D eigenvalue weighted by Gasteiger charge is -2.30. The second-order valence-corrected chi connectivity index (χ2v) is 7.97. The Labute approximate surface area is 155 Å². The molecule has 0 spiro atoms. The van der Waals surface area contributed by atoms with E-state index in [1.807, 2.05) is 30.3 Å². The van der Waals surface area contributed by atoms with Gasteiger partial charge >= 0.3 is 5.97 Å². The number of rotatable bonds is 3. The molecule has 0 amide bonds. The minimum atomic E-state index is -0.836. The number of carboxylic acids is 1. The number of hydrogen-bond donors (Lipinski definition) is 2. The zero-order chi connectivity index (χ0) is 18.1. The molecule has 2 aromatic rings. The standard InChI is InChI=1S/C20H20N2O3S/c23-19-17-7-2-1-6-15(17)16-10-11-22(12-18(16)21-19)26-14-5-3-4-13(8-9-14)20(24)25/h1-7,14H,8-12H2,(H,21,23)(H,24,25). The van der Waals surface area contributed by atoms with E-state index in [9.17, 15) is 9.59 Å². The van der Waals surface area contributed by atoms with Gasteiger partial charge in [0.15, 0.2) is 0 Å². The summed E-state index contributed by atoms with van der Waals surface area (Å²) in [6.07, 6.45) is 7.89. The molecule has 4 rings (SSSR count). The molecule has 0 radical (unpaired) electrons. The molecule has 1 unspecified atom stereocenters. The quantitative estimate of drug-likeness (QED) is 0.814. The molecule has 1 atom stereocenters. The Hall–Kier alpha value is -2.31. The number of allylic oxidation sites excluding steroid dienone is 2. The van der Waals surface area contributed by atoms with Gasteiger partial charge in [-0.25, -0.2) is 9.10 Å². The Morgan fingerprint density at radius 3 is 2.85 bits per heavy atom. The van der Waals surface area contributed by atoms with Gasteiger partial charge in [-0.05, 0) is 36.3 Å². The summed E-state index contributed by atoms with van der Waals surface area (Å²) in [5.74, 6) is -0.836. The Balaban J connectivity index is 1.50. The maximum atomic E-state index is 12.3. The van der Waals surface area contributed by atoms with Crippen molar-refractivity contribution >= 4 is 28.7 Å². The minimum absolute atomic E-state index is 0.0316. The average molecular weight is 368 g/mol. The minimum Gasteiger partial charge on any atom is -0.478 e. The molecule has 1 aromatic carbocycles. The maximum absolute atomic E-state index is 12.3. The highest BCUT2D eigenvalue weighted by Gasteiger charge is 2.23. The molecule has 2 heterocycles. The van der Waals surface area contributed by atoms with E-state index >= 15 is 0 Å². The molecule has 0 saturated heterocycles. The molecule has 0 fully saturated rings. The Kier molecular flexibility index (Phi) is 4.70. The van der Waals surface area contributed by atoms with E-state index in [4.69, 9.17) is 5.11 Å². The molecule has 2 N–H and O–H groups in total. The van der Waals surface area contributed by atoms with E-state index < -0.39 is 5.97 Å². The highest BCUT2D eigenvalue weighted by Crippen LogP contribution is 2.32.